The Morgan fingerprint density at radius 2 is 2.41 bits per heavy atom. The Kier molecular flexibility index (Phi) is 4.50. The Hall–Kier alpha value is -0.940. The van der Waals surface area contributed by atoms with Gasteiger partial charge in [0.15, 0.2) is 5.82 Å². The molecule has 1 aliphatic rings. The summed E-state index contributed by atoms with van der Waals surface area (Å²) < 4.78 is 5.01. The number of nitrogens with zero attached hydrogens (tertiary/aromatic N) is 3. The highest BCUT2D eigenvalue weighted by Crippen LogP contribution is 2.09. The lowest BCUT2D eigenvalue weighted by Crippen LogP contribution is -2.37. The van der Waals surface area contributed by atoms with Gasteiger partial charge in [-0.25, -0.2) is 0 Å². The molecule has 1 aromatic rings. The van der Waals surface area contributed by atoms with Crippen molar-refractivity contribution in [1.82, 2.24) is 20.4 Å². The van der Waals surface area contributed by atoms with E-state index in [1.807, 2.05) is 6.92 Å². The van der Waals surface area contributed by atoms with Gasteiger partial charge in [0.1, 0.15) is 0 Å². The Morgan fingerprint density at radius 1 is 1.53 bits per heavy atom. The van der Waals surface area contributed by atoms with E-state index in [1.165, 1.54) is 12.8 Å². The summed E-state index contributed by atoms with van der Waals surface area (Å²) in [5.74, 6) is 1.45. The molecule has 0 aromatic carbocycles. The molecule has 17 heavy (non-hydrogen) atoms. The molecule has 5 heteroatoms. The predicted molar refractivity (Wildman–Crippen MR) is 65.6 cm³/mol. The number of aryl methyl sites for hydroxylation is 1. The number of hydrogen-bond donors (Lipinski definition) is 1. The van der Waals surface area contributed by atoms with Gasteiger partial charge in [0.25, 0.3) is 0 Å². The first-order valence-electron chi connectivity index (χ1n) is 6.53. The second-order valence-electron chi connectivity index (χ2n) is 4.76. The fraction of sp³-hybridized carbons (Fsp3) is 0.833. The molecular weight excluding hydrogens is 216 g/mol. The van der Waals surface area contributed by atoms with Gasteiger partial charge in [0, 0.05) is 19.5 Å². The van der Waals surface area contributed by atoms with Crippen LogP contribution < -0.4 is 5.32 Å². The highest BCUT2D eigenvalue weighted by Gasteiger charge is 2.18. The monoisotopic (exact) mass is 238 g/mol. The minimum atomic E-state index is 0.634. The Bertz CT molecular complexity index is 333. The van der Waals surface area contributed by atoms with Crippen molar-refractivity contribution < 1.29 is 4.52 Å². The van der Waals surface area contributed by atoms with Gasteiger partial charge in [-0.3, -0.25) is 4.90 Å². The van der Waals surface area contributed by atoms with E-state index in [1.54, 1.807) is 0 Å². The highest BCUT2D eigenvalue weighted by molar-refractivity contribution is 4.86. The van der Waals surface area contributed by atoms with Crippen molar-refractivity contribution in [3.8, 4) is 0 Å². The number of nitrogens with one attached hydrogen (secondary N) is 1. The average molecular weight is 238 g/mol. The lowest BCUT2D eigenvalue weighted by molar-refractivity contribution is 0.232. The summed E-state index contributed by atoms with van der Waals surface area (Å²) in [6.45, 7) is 8.16. The maximum absolute atomic E-state index is 5.01. The topological polar surface area (TPSA) is 54.2 Å². The normalized spacial score (nSPS) is 20.3. The van der Waals surface area contributed by atoms with Gasteiger partial charge in [-0.05, 0) is 32.4 Å². The fourth-order valence-electron chi connectivity index (χ4n) is 2.38. The van der Waals surface area contributed by atoms with Crippen molar-refractivity contribution in [2.75, 3.05) is 19.6 Å². The van der Waals surface area contributed by atoms with Crippen LogP contribution in [0.15, 0.2) is 4.52 Å². The van der Waals surface area contributed by atoms with Crippen molar-refractivity contribution >= 4 is 0 Å². The van der Waals surface area contributed by atoms with Crippen molar-refractivity contribution in [2.45, 2.75) is 45.7 Å². The maximum Gasteiger partial charge on any atom is 0.223 e. The van der Waals surface area contributed by atoms with E-state index in [-0.39, 0.29) is 0 Å². The molecule has 0 saturated carbocycles. The van der Waals surface area contributed by atoms with Crippen LogP contribution in [-0.2, 0) is 6.54 Å². The molecule has 1 saturated heterocycles. The van der Waals surface area contributed by atoms with Gasteiger partial charge in [-0.1, -0.05) is 12.1 Å². The molecule has 0 bridgehead atoms. The van der Waals surface area contributed by atoms with Crippen LogP contribution in [0.25, 0.3) is 0 Å². The molecule has 1 aromatic heterocycles. The van der Waals surface area contributed by atoms with Crippen LogP contribution >= 0.6 is 0 Å². The van der Waals surface area contributed by atoms with E-state index in [2.05, 4.69) is 27.3 Å². The van der Waals surface area contributed by atoms with Crippen molar-refractivity contribution in [3.63, 3.8) is 0 Å². The molecule has 1 unspecified atom stereocenters. The molecule has 2 heterocycles. The van der Waals surface area contributed by atoms with Gasteiger partial charge in [0.05, 0.1) is 6.54 Å². The first kappa shape index (κ1) is 12.5. The summed E-state index contributed by atoms with van der Waals surface area (Å²) in [5, 5.41) is 7.49. The molecule has 1 N–H and O–H groups in total. The first-order chi connectivity index (χ1) is 8.28. The van der Waals surface area contributed by atoms with Crippen LogP contribution in [0.2, 0.25) is 0 Å². The summed E-state index contributed by atoms with van der Waals surface area (Å²) in [6, 6.07) is 0.634. The third-order valence-corrected chi connectivity index (χ3v) is 3.12. The molecule has 1 atom stereocenters. The van der Waals surface area contributed by atoms with E-state index < -0.39 is 0 Å². The van der Waals surface area contributed by atoms with E-state index in [0.717, 1.165) is 38.4 Å². The Labute approximate surface area is 103 Å². The van der Waals surface area contributed by atoms with Gasteiger partial charge in [-0.2, -0.15) is 4.98 Å². The molecule has 2 rings (SSSR count). The SMILES string of the molecule is CCCN(Cc1noc(C)n1)CC1CCCN1. The Balaban J connectivity index is 1.87. The van der Waals surface area contributed by atoms with Crippen LogP contribution in [0.3, 0.4) is 0 Å². The summed E-state index contributed by atoms with van der Waals surface area (Å²) in [4.78, 5) is 6.68. The lowest BCUT2D eigenvalue weighted by atomic mass is 10.2. The molecule has 0 amide bonds. The zero-order valence-electron chi connectivity index (χ0n) is 10.8. The summed E-state index contributed by atoms with van der Waals surface area (Å²) in [6.07, 6.45) is 3.74. The minimum absolute atomic E-state index is 0.634. The zero-order chi connectivity index (χ0) is 12.1. The van der Waals surface area contributed by atoms with E-state index in [4.69, 9.17) is 4.52 Å². The second kappa shape index (κ2) is 6.12. The van der Waals surface area contributed by atoms with Crippen LogP contribution in [0.1, 0.15) is 37.9 Å². The van der Waals surface area contributed by atoms with E-state index in [0.29, 0.717) is 11.9 Å². The van der Waals surface area contributed by atoms with Gasteiger partial charge >= 0.3 is 0 Å². The summed E-state index contributed by atoms with van der Waals surface area (Å²) in [7, 11) is 0. The van der Waals surface area contributed by atoms with Gasteiger partial charge in [-0.15, -0.1) is 0 Å². The quantitative estimate of drug-likeness (QED) is 0.810. The standard InChI is InChI=1S/C12H22N4O/c1-3-7-16(8-11-5-4-6-13-11)9-12-14-10(2)17-15-12/h11,13H,3-9H2,1-2H3. The molecule has 0 spiro atoms. The van der Waals surface area contributed by atoms with Crippen molar-refractivity contribution in [1.29, 1.82) is 0 Å². The van der Waals surface area contributed by atoms with Crippen molar-refractivity contribution in [3.05, 3.63) is 11.7 Å². The lowest BCUT2D eigenvalue weighted by Gasteiger charge is -2.23. The van der Waals surface area contributed by atoms with Crippen LogP contribution in [-0.4, -0.2) is 40.7 Å². The molecule has 96 valence electrons. The average Bonchev–Trinajstić information content (AvgIpc) is 2.91. The molecule has 1 aliphatic heterocycles. The van der Waals surface area contributed by atoms with Gasteiger partial charge in [0.2, 0.25) is 5.89 Å². The van der Waals surface area contributed by atoms with Crippen molar-refractivity contribution in [2.24, 2.45) is 0 Å². The Morgan fingerprint density at radius 3 is 3.00 bits per heavy atom. The molecule has 0 radical (unpaired) electrons. The third kappa shape index (κ3) is 3.78. The van der Waals surface area contributed by atoms with Crippen LogP contribution in [0.4, 0.5) is 0 Å². The van der Waals surface area contributed by atoms with E-state index in [9.17, 15) is 0 Å². The minimum Gasteiger partial charge on any atom is -0.340 e. The molecule has 5 nitrogen and oxygen atoms in total. The van der Waals surface area contributed by atoms with E-state index >= 15 is 0 Å². The summed E-state index contributed by atoms with van der Waals surface area (Å²) in [5.41, 5.74) is 0. The zero-order valence-corrected chi connectivity index (χ0v) is 10.8. The molecular formula is C12H22N4O. The molecule has 1 fully saturated rings. The fourth-order valence-corrected chi connectivity index (χ4v) is 2.38. The third-order valence-electron chi connectivity index (χ3n) is 3.12. The first-order valence-corrected chi connectivity index (χ1v) is 6.53. The number of aromatic nitrogens is 2. The van der Waals surface area contributed by atoms with Crippen LogP contribution in [0, 0.1) is 6.92 Å². The smallest absolute Gasteiger partial charge is 0.223 e. The summed E-state index contributed by atoms with van der Waals surface area (Å²) >= 11 is 0. The van der Waals surface area contributed by atoms with Gasteiger partial charge < -0.3 is 9.84 Å². The largest absolute Gasteiger partial charge is 0.340 e. The molecule has 0 aliphatic carbocycles. The second-order valence-corrected chi connectivity index (χ2v) is 4.76. The highest BCUT2D eigenvalue weighted by atomic mass is 16.5. The van der Waals surface area contributed by atoms with Crippen LogP contribution in [0.5, 0.6) is 0 Å². The predicted octanol–water partition coefficient (Wildman–Crippen LogP) is 1.34. The number of rotatable bonds is 6. The maximum atomic E-state index is 5.01. The number of hydrogen-bond acceptors (Lipinski definition) is 5.